The molecule has 0 aliphatic rings. The molecule has 0 saturated heterocycles. The van der Waals surface area contributed by atoms with Gasteiger partial charge in [-0.05, 0) is 42.5 Å². The number of aromatic nitrogens is 2. The van der Waals surface area contributed by atoms with E-state index in [2.05, 4.69) is 25.0 Å². The van der Waals surface area contributed by atoms with Gasteiger partial charge in [0.1, 0.15) is 0 Å². The van der Waals surface area contributed by atoms with Crippen LogP contribution in [0, 0.1) is 0 Å². The first-order chi connectivity index (χ1) is 10.0. The molecule has 0 unspecified atom stereocenters. The first-order valence-electron chi connectivity index (χ1n) is 7.12. The van der Waals surface area contributed by atoms with Crippen molar-refractivity contribution in [3.05, 3.63) is 51.3 Å². The van der Waals surface area contributed by atoms with E-state index in [1.165, 1.54) is 0 Å². The second kappa shape index (κ2) is 7.30. The van der Waals surface area contributed by atoms with Crippen molar-refractivity contribution in [3.8, 4) is 0 Å². The lowest BCUT2D eigenvalue weighted by atomic mass is 10.1. The fourth-order valence-electron chi connectivity index (χ4n) is 2.17. The molecule has 0 radical (unpaired) electrons. The van der Waals surface area contributed by atoms with Gasteiger partial charge in [0.2, 0.25) is 0 Å². The highest BCUT2D eigenvalue weighted by molar-refractivity contribution is 6.35. The molecule has 0 amide bonds. The van der Waals surface area contributed by atoms with Gasteiger partial charge < -0.3 is 5.11 Å². The Morgan fingerprint density at radius 3 is 2.62 bits per heavy atom. The monoisotopic (exact) mass is 326 g/mol. The number of nitrogens with zero attached hydrogens (tertiary/aromatic N) is 2. The summed E-state index contributed by atoms with van der Waals surface area (Å²) < 4.78 is 1.97. The molecule has 0 aliphatic carbocycles. The second-order valence-corrected chi connectivity index (χ2v) is 6.28. The van der Waals surface area contributed by atoms with Crippen molar-refractivity contribution in [2.75, 3.05) is 6.61 Å². The predicted octanol–water partition coefficient (Wildman–Crippen LogP) is 4.29. The molecule has 0 fully saturated rings. The summed E-state index contributed by atoms with van der Waals surface area (Å²) in [5, 5.41) is 15.0. The number of aryl methyl sites for hydroxylation is 1. The summed E-state index contributed by atoms with van der Waals surface area (Å²) in [5.74, 6) is 0.375. The molecular formula is C16H20Cl2N2O. The Balaban J connectivity index is 2.28. The van der Waals surface area contributed by atoms with Gasteiger partial charge in [0, 0.05) is 22.3 Å². The third kappa shape index (κ3) is 4.22. The summed E-state index contributed by atoms with van der Waals surface area (Å²) in [7, 11) is 0. The summed E-state index contributed by atoms with van der Waals surface area (Å²) in [6, 6.07) is 7.63. The van der Waals surface area contributed by atoms with Gasteiger partial charge in [-0.25, -0.2) is 0 Å². The molecular weight excluding hydrogens is 307 g/mol. The summed E-state index contributed by atoms with van der Waals surface area (Å²) in [4.78, 5) is 0. The van der Waals surface area contributed by atoms with Gasteiger partial charge in [0.15, 0.2) is 0 Å². The maximum absolute atomic E-state index is 9.03. The van der Waals surface area contributed by atoms with Crippen LogP contribution in [0.15, 0.2) is 24.3 Å². The Hall–Kier alpha value is -1.03. The lowest BCUT2D eigenvalue weighted by Gasteiger charge is -2.09. The van der Waals surface area contributed by atoms with Gasteiger partial charge in [0.25, 0.3) is 0 Å². The predicted molar refractivity (Wildman–Crippen MR) is 87.3 cm³/mol. The van der Waals surface area contributed by atoms with E-state index in [9.17, 15) is 0 Å². The zero-order valence-corrected chi connectivity index (χ0v) is 13.8. The maximum atomic E-state index is 9.03. The lowest BCUT2D eigenvalue weighted by Crippen LogP contribution is -2.08. The third-order valence-corrected chi connectivity index (χ3v) is 3.99. The molecule has 2 rings (SSSR count). The summed E-state index contributed by atoms with van der Waals surface area (Å²) in [6.45, 7) is 5.04. The zero-order chi connectivity index (χ0) is 15.4. The standard InChI is InChI=1S/C16H20Cl2N2O/c1-11(2)16-9-14(4-3-7-21)20(19-16)10-12-5-6-13(17)8-15(12)18/h5-6,8-9,11,21H,3-4,7,10H2,1-2H3. The van der Waals surface area contributed by atoms with Crippen LogP contribution in [0.25, 0.3) is 0 Å². The van der Waals surface area contributed by atoms with Crippen molar-refractivity contribution < 1.29 is 5.11 Å². The molecule has 1 aromatic heterocycles. The topological polar surface area (TPSA) is 38.0 Å². The molecule has 0 spiro atoms. The Kier molecular flexibility index (Phi) is 5.68. The smallest absolute Gasteiger partial charge is 0.0677 e. The average Bonchev–Trinajstić information content (AvgIpc) is 2.83. The highest BCUT2D eigenvalue weighted by atomic mass is 35.5. The van der Waals surface area contributed by atoms with Crippen molar-refractivity contribution in [2.24, 2.45) is 0 Å². The van der Waals surface area contributed by atoms with Gasteiger partial charge in [-0.2, -0.15) is 5.10 Å². The van der Waals surface area contributed by atoms with Crippen LogP contribution in [0.4, 0.5) is 0 Å². The van der Waals surface area contributed by atoms with Crippen LogP contribution in [0.1, 0.15) is 43.1 Å². The molecule has 114 valence electrons. The van der Waals surface area contributed by atoms with Crippen molar-refractivity contribution in [1.29, 1.82) is 0 Å². The molecule has 3 nitrogen and oxygen atoms in total. The number of aliphatic hydroxyl groups is 1. The van der Waals surface area contributed by atoms with Crippen molar-refractivity contribution >= 4 is 23.2 Å². The number of rotatable bonds is 6. The number of benzene rings is 1. The largest absolute Gasteiger partial charge is 0.396 e. The molecule has 1 aromatic carbocycles. The van der Waals surface area contributed by atoms with E-state index in [-0.39, 0.29) is 6.61 Å². The van der Waals surface area contributed by atoms with Gasteiger partial charge >= 0.3 is 0 Å². The Morgan fingerprint density at radius 1 is 1.24 bits per heavy atom. The van der Waals surface area contributed by atoms with E-state index in [1.54, 1.807) is 6.07 Å². The van der Waals surface area contributed by atoms with E-state index in [1.807, 2.05) is 16.8 Å². The zero-order valence-electron chi connectivity index (χ0n) is 12.3. The van der Waals surface area contributed by atoms with E-state index >= 15 is 0 Å². The highest BCUT2D eigenvalue weighted by Crippen LogP contribution is 2.23. The number of aliphatic hydroxyl groups excluding tert-OH is 1. The molecule has 0 atom stereocenters. The van der Waals surface area contributed by atoms with Crippen LogP contribution >= 0.6 is 23.2 Å². The van der Waals surface area contributed by atoms with Crippen LogP contribution in [0.3, 0.4) is 0 Å². The third-order valence-electron chi connectivity index (χ3n) is 3.40. The van der Waals surface area contributed by atoms with E-state index in [0.29, 0.717) is 22.5 Å². The Morgan fingerprint density at radius 2 is 2.00 bits per heavy atom. The maximum Gasteiger partial charge on any atom is 0.0677 e. The number of halogens is 2. The van der Waals surface area contributed by atoms with Gasteiger partial charge in [0.05, 0.1) is 12.2 Å². The van der Waals surface area contributed by atoms with Crippen molar-refractivity contribution in [2.45, 2.75) is 39.2 Å². The van der Waals surface area contributed by atoms with Crippen molar-refractivity contribution in [1.82, 2.24) is 9.78 Å². The molecule has 1 N–H and O–H groups in total. The first kappa shape index (κ1) is 16.3. The molecule has 1 heterocycles. The quantitative estimate of drug-likeness (QED) is 0.860. The molecule has 0 bridgehead atoms. The van der Waals surface area contributed by atoms with Crippen LogP contribution in [0.5, 0.6) is 0 Å². The molecule has 5 heteroatoms. The number of hydrogen-bond donors (Lipinski definition) is 1. The first-order valence-corrected chi connectivity index (χ1v) is 7.88. The Bertz CT molecular complexity index is 608. The highest BCUT2D eigenvalue weighted by Gasteiger charge is 2.12. The summed E-state index contributed by atoms with van der Waals surface area (Å²) >= 11 is 12.2. The average molecular weight is 327 g/mol. The molecule has 2 aromatic rings. The SMILES string of the molecule is CC(C)c1cc(CCCO)n(Cc2ccc(Cl)cc2Cl)n1. The van der Waals surface area contributed by atoms with Crippen LogP contribution < -0.4 is 0 Å². The van der Waals surface area contributed by atoms with Gasteiger partial charge in [-0.3, -0.25) is 4.68 Å². The lowest BCUT2D eigenvalue weighted by molar-refractivity contribution is 0.287. The minimum absolute atomic E-state index is 0.184. The fourth-order valence-corrected chi connectivity index (χ4v) is 2.64. The number of hydrogen-bond acceptors (Lipinski definition) is 2. The van der Waals surface area contributed by atoms with Crippen LogP contribution in [-0.4, -0.2) is 21.5 Å². The van der Waals surface area contributed by atoms with Crippen molar-refractivity contribution in [3.63, 3.8) is 0 Å². The normalized spacial score (nSPS) is 11.3. The Labute approximate surface area is 135 Å². The minimum atomic E-state index is 0.184. The van der Waals surface area contributed by atoms with E-state index < -0.39 is 0 Å². The summed E-state index contributed by atoms with van der Waals surface area (Å²) in [6.07, 6.45) is 1.54. The van der Waals surface area contributed by atoms with E-state index in [0.717, 1.165) is 29.8 Å². The van der Waals surface area contributed by atoms with Gasteiger partial charge in [-0.1, -0.05) is 43.1 Å². The second-order valence-electron chi connectivity index (χ2n) is 5.44. The molecule has 0 saturated carbocycles. The van der Waals surface area contributed by atoms with Gasteiger partial charge in [-0.15, -0.1) is 0 Å². The molecule has 0 aliphatic heterocycles. The van der Waals surface area contributed by atoms with Crippen LogP contribution in [0.2, 0.25) is 10.0 Å². The minimum Gasteiger partial charge on any atom is -0.396 e. The summed E-state index contributed by atoms with van der Waals surface area (Å²) in [5.41, 5.74) is 3.18. The fraction of sp³-hybridized carbons (Fsp3) is 0.438. The van der Waals surface area contributed by atoms with E-state index in [4.69, 9.17) is 28.3 Å². The van der Waals surface area contributed by atoms with Crippen LogP contribution in [-0.2, 0) is 13.0 Å². The molecule has 21 heavy (non-hydrogen) atoms.